The Bertz CT molecular complexity index is 448. The molecule has 0 aliphatic carbocycles. The van der Waals surface area contributed by atoms with E-state index < -0.39 is 0 Å². The average Bonchev–Trinajstić information content (AvgIpc) is 2.25. The zero-order valence-electron chi connectivity index (χ0n) is 11.1. The molecule has 98 valence electrons. The van der Waals surface area contributed by atoms with Crippen LogP contribution in [0.3, 0.4) is 0 Å². The number of nitrogens with one attached hydrogen (secondary N) is 1. The molecule has 1 aromatic carbocycles. The number of carbonyl (C=O) groups excluding carboxylic acids is 1. The van der Waals surface area contributed by atoms with Gasteiger partial charge in [0, 0.05) is 11.2 Å². The number of hydrogen-bond donors (Lipinski definition) is 2. The fraction of sp³-hybridized carbons (Fsp3) is 0.357. The molecule has 4 nitrogen and oxygen atoms in total. The van der Waals surface area contributed by atoms with Gasteiger partial charge in [-0.1, -0.05) is 12.7 Å². The van der Waals surface area contributed by atoms with E-state index in [9.17, 15) is 4.79 Å². The van der Waals surface area contributed by atoms with E-state index in [4.69, 9.17) is 10.5 Å². The SMILES string of the molecule is C=CCOc1ccc(N)cc1C(=O)NC(C)(C)C. The molecule has 1 amide bonds. The zero-order valence-corrected chi connectivity index (χ0v) is 11.1. The minimum Gasteiger partial charge on any atom is -0.489 e. The summed E-state index contributed by atoms with van der Waals surface area (Å²) in [5.74, 6) is 0.305. The first-order valence-corrected chi connectivity index (χ1v) is 5.79. The van der Waals surface area contributed by atoms with Crippen molar-refractivity contribution in [3.05, 3.63) is 36.4 Å². The molecule has 0 aliphatic heterocycles. The summed E-state index contributed by atoms with van der Waals surface area (Å²) < 4.78 is 5.44. The molecular weight excluding hydrogens is 228 g/mol. The number of nitrogens with two attached hydrogens (primary N) is 1. The summed E-state index contributed by atoms with van der Waals surface area (Å²) in [6.07, 6.45) is 1.63. The van der Waals surface area contributed by atoms with E-state index in [1.165, 1.54) is 0 Å². The van der Waals surface area contributed by atoms with Gasteiger partial charge in [-0.3, -0.25) is 4.79 Å². The summed E-state index contributed by atoms with van der Waals surface area (Å²) in [6.45, 7) is 9.68. The summed E-state index contributed by atoms with van der Waals surface area (Å²) in [7, 11) is 0. The van der Waals surface area contributed by atoms with Crippen LogP contribution in [-0.4, -0.2) is 18.1 Å². The summed E-state index contributed by atoms with van der Waals surface area (Å²) in [6, 6.07) is 5.00. The second-order valence-corrected chi connectivity index (χ2v) is 5.06. The van der Waals surface area contributed by atoms with Crippen molar-refractivity contribution < 1.29 is 9.53 Å². The van der Waals surface area contributed by atoms with Gasteiger partial charge in [0.2, 0.25) is 0 Å². The number of carbonyl (C=O) groups is 1. The van der Waals surface area contributed by atoms with Crippen LogP contribution in [0.1, 0.15) is 31.1 Å². The maximum absolute atomic E-state index is 12.1. The van der Waals surface area contributed by atoms with Crippen molar-refractivity contribution in [1.29, 1.82) is 0 Å². The lowest BCUT2D eigenvalue weighted by atomic mass is 10.1. The van der Waals surface area contributed by atoms with E-state index in [2.05, 4.69) is 11.9 Å². The first-order chi connectivity index (χ1) is 8.33. The van der Waals surface area contributed by atoms with Gasteiger partial charge in [0.1, 0.15) is 12.4 Å². The molecule has 0 spiro atoms. The minimum absolute atomic E-state index is 0.200. The lowest BCUT2D eigenvalue weighted by Gasteiger charge is -2.21. The molecule has 0 fully saturated rings. The van der Waals surface area contributed by atoms with Gasteiger partial charge in [-0.25, -0.2) is 0 Å². The lowest BCUT2D eigenvalue weighted by Crippen LogP contribution is -2.40. The summed E-state index contributed by atoms with van der Waals surface area (Å²) in [5, 5.41) is 2.88. The quantitative estimate of drug-likeness (QED) is 0.635. The molecule has 1 rings (SSSR count). The molecule has 0 heterocycles. The maximum Gasteiger partial charge on any atom is 0.255 e. The van der Waals surface area contributed by atoms with E-state index >= 15 is 0 Å². The molecule has 0 aromatic heterocycles. The van der Waals surface area contributed by atoms with Crippen LogP contribution in [0.4, 0.5) is 5.69 Å². The molecule has 18 heavy (non-hydrogen) atoms. The van der Waals surface area contributed by atoms with E-state index in [1.54, 1.807) is 24.3 Å². The van der Waals surface area contributed by atoms with Crippen molar-refractivity contribution in [2.24, 2.45) is 0 Å². The van der Waals surface area contributed by atoms with Crippen molar-refractivity contribution >= 4 is 11.6 Å². The Labute approximate surface area is 108 Å². The normalized spacial score (nSPS) is 10.8. The molecule has 3 N–H and O–H groups in total. The minimum atomic E-state index is -0.308. The molecule has 0 atom stereocenters. The third-order valence-electron chi connectivity index (χ3n) is 2.09. The molecule has 0 saturated heterocycles. The predicted octanol–water partition coefficient (Wildman–Crippen LogP) is 2.36. The van der Waals surface area contributed by atoms with Crippen LogP contribution in [0.15, 0.2) is 30.9 Å². The number of ether oxygens (including phenoxy) is 1. The van der Waals surface area contributed by atoms with Crippen LogP contribution in [-0.2, 0) is 0 Å². The molecule has 0 aliphatic rings. The number of hydrogen-bond acceptors (Lipinski definition) is 3. The average molecular weight is 248 g/mol. The standard InChI is InChI=1S/C14H20N2O2/c1-5-8-18-12-7-6-10(15)9-11(12)13(17)16-14(2,3)4/h5-7,9H,1,8,15H2,2-4H3,(H,16,17). The van der Waals surface area contributed by atoms with E-state index in [0.717, 1.165) is 0 Å². The van der Waals surface area contributed by atoms with Gasteiger partial charge in [0.15, 0.2) is 0 Å². The van der Waals surface area contributed by atoms with Gasteiger partial charge in [-0.15, -0.1) is 0 Å². The van der Waals surface area contributed by atoms with Gasteiger partial charge in [-0.2, -0.15) is 0 Å². The Morgan fingerprint density at radius 1 is 1.50 bits per heavy atom. The Morgan fingerprint density at radius 2 is 2.17 bits per heavy atom. The van der Waals surface area contributed by atoms with Crippen LogP contribution in [0.25, 0.3) is 0 Å². The van der Waals surface area contributed by atoms with Crippen molar-refractivity contribution in [1.82, 2.24) is 5.32 Å². The molecule has 0 unspecified atom stereocenters. The van der Waals surface area contributed by atoms with Gasteiger partial charge in [0.05, 0.1) is 5.56 Å². The highest BCUT2D eigenvalue weighted by Gasteiger charge is 2.18. The topological polar surface area (TPSA) is 64.3 Å². The maximum atomic E-state index is 12.1. The van der Waals surface area contributed by atoms with Gasteiger partial charge in [-0.05, 0) is 39.0 Å². The number of amides is 1. The summed E-state index contributed by atoms with van der Waals surface area (Å²) in [4.78, 5) is 12.1. The first-order valence-electron chi connectivity index (χ1n) is 5.79. The van der Waals surface area contributed by atoms with Gasteiger partial charge < -0.3 is 15.8 Å². The summed E-state index contributed by atoms with van der Waals surface area (Å²) >= 11 is 0. The van der Waals surface area contributed by atoms with Crippen molar-refractivity contribution in [3.8, 4) is 5.75 Å². The fourth-order valence-corrected chi connectivity index (χ4v) is 1.41. The van der Waals surface area contributed by atoms with Crippen LogP contribution in [0.2, 0.25) is 0 Å². The third-order valence-corrected chi connectivity index (χ3v) is 2.09. The van der Waals surface area contributed by atoms with Crippen LogP contribution in [0, 0.1) is 0 Å². The van der Waals surface area contributed by atoms with Crippen LogP contribution < -0.4 is 15.8 Å². The Balaban J connectivity index is 3.00. The van der Waals surface area contributed by atoms with Crippen LogP contribution >= 0.6 is 0 Å². The number of benzene rings is 1. The Morgan fingerprint density at radius 3 is 2.72 bits per heavy atom. The fourth-order valence-electron chi connectivity index (χ4n) is 1.41. The Kier molecular flexibility index (Phi) is 4.37. The van der Waals surface area contributed by atoms with E-state index in [0.29, 0.717) is 23.6 Å². The smallest absolute Gasteiger partial charge is 0.255 e. The molecule has 0 bridgehead atoms. The molecular formula is C14H20N2O2. The van der Waals surface area contributed by atoms with E-state index in [1.807, 2.05) is 20.8 Å². The highest BCUT2D eigenvalue weighted by atomic mass is 16.5. The number of nitrogen functional groups attached to an aromatic ring is 1. The molecule has 4 heteroatoms. The second kappa shape index (κ2) is 5.58. The third kappa shape index (κ3) is 4.13. The van der Waals surface area contributed by atoms with Crippen molar-refractivity contribution in [3.63, 3.8) is 0 Å². The summed E-state index contributed by atoms with van der Waals surface area (Å²) in [5.41, 5.74) is 6.36. The Hall–Kier alpha value is -1.97. The zero-order chi connectivity index (χ0) is 13.8. The monoisotopic (exact) mass is 248 g/mol. The van der Waals surface area contributed by atoms with Crippen LogP contribution in [0.5, 0.6) is 5.75 Å². The molecule has 1 aromatic rings. The molecule has 0 saturated carbocycles. The molecule has 0 radical (unpaired) electrons. The predicted molar refractivity (Wildman–Crippen MR) is 73.8 cm³/mol. The lowest BCUT2D eigenvalue weighted by molar-refractivity contribution is 0.0916. The number of anilines is 1. The second-order valence-electron chi connectivity index (χ2n) is 5.06. The van der Waals surface area contributed by atoms with E-state index in [-0.39, 0.29) is 11.4 Å². The first kappa shape index (κ1) is 14.1. The van der Waals surface area contributed by atoms with Crippen molar-refractivity contribution in [2.75, 3.05) is 12.3 Å². The number of rotatable bonds is 4. The van der Waals surface area contributed by atoms with Crippen molar-refractivity contribution in [2.45, 2.75) is 26.3 Å². The highest BCUT2D eigenvalue weighted by Crippen LogP contribution is 2.22. The van der Waals surface area contributed by atoms with Gasteiger partial charge in [0.25, 0.3) is 5.91 Å². The van der Waals surface area contributed by atoms with Gasteiger partial charge >= 0.3 is 0 Å². The highest BCUT2D eigenvalue weighted by molar-refractivity contribution is 5.98. The largest absolute Gasteiger partial charge is 0.489 e.